The smallest absolute Gasteiger partial charge is 0.262 e. The largest absolute Gasteiger partial charge is 0.309 e. The Balaban J connectivity index is 0.00000280. The highest BCUT2D eigenvalue weighted by atomic mass is 35.5. The van der Waals surface area contributed by atoms with Gasteiger partial charge in [-0.05, 0) is 70.2 Å². The van der Waals surface area contributed by atoms with Gasteiger partial charge >= 0.3 is 0 Å². The van der Waals surface area contributed by atoms with Gasteiger partial charge in [-0.2, -0.15) is 0 Å². The molecule has 0 unspecified atom stereocenters. The Morgan fingerprint density at radius 2 is 1.75 bits per heavy atom. The molecule has 3 aromatic rings. The summed E-state index contributed by atoms with van der Waals surface area (Å²) < 4.78 is 2.00. The van der Waals surface area contributed by atoms with Crippen molar-refractivity contribution in [3.8, 4) is 0 Å². The molecule has 2 aromatic heterocycles. The summed E-state index contributed by atoms with van der Waals surface area (Å²) in [6.07, 6.45) is 0.836. The summed E-state index contributed by atoms with van der Waals surface area (Å²) in [5.41, 5.74) is 3.76. The highest BCUT2D eigenvalue weighted by molar-refractivity contribution is 7.22. The number of halogens is 3. The lowest BCUT2D eigenvalue weighted by atomic mass is 10.1. The quantitative estimate of drug-likeness (QED) is 0.417. The Morgan fingerprint density at radius 1 is 1.07 bits per heavy atom. The van der Waals surface area contributed by atoms with Gasteiger partial charge in [-0.15, -0.1) is 23.7 Å². The number of fused-ring (bicyclic) bond motifs is 1. The number of amides is 1. The molecule has 0 aliphatic rings. The molecule has 0 saturated carbocycles. The molecule has 0 bridgehead atoms. The lowest BCUT2D eigenvalue weighted by Gasteiger charge is -2.20. The topological polar surface area (TPSA) is 36.4 Å². The molecule has 4 nitrogen and oxygen atoms in total. The number of hydrogen-bond donors (Lipinski definition) is 0. The Labute approximate surface area is 189 Å². The second-order valence-electron chi connectivity index (χ2n) is 6.75. The van der Waals surface area contributed by atoms with Crippen LogP contribution in [0.25, 0.3) is 10.2 Å². The Morgan fingerprint density at radius 3 is 2.36 bits per heavy atom. The van der Waals surface area contributed by atoms with Crippen molar-refractivity contribution in [1.82, 2.24) is 9.88 Å². The number of aromatic nitrogens is 1. The van der Waals surface area contributed by atoms with E-state index in [4.69, 9.17) is 28.2 Å². The summed E-state index contributed by atoms with van der Waals surface area (Å²) in [6, 6.07) is 5.84. The number of thiazole rings is 1. The molecular weight excluding hydrogens is 457 g/mol. The van der Waals surface area contributed by atoms with Crippen LogP contribution in [0.15, 0.2) is 18.2 Å². The van der Waals surface area contributed by atoms with E-state index in [0.29, 0.717) is 25.9 Å². The second-order valence-corrected chi connectivity index (χ2v) is 10.0. The molecule has 0 spiro atoms. The average molecular weight is 479 g/mol. The van der Waals surface area contributed by atoms with E-state index in [2.05, 4.69) is 30.9 Å². The van der Waals surface area contributed by atoms with Gasteiger partial charge in [0.1, 0.15) is 4.34 Å². The summed E-state index contributed by atoms with van der Waals surface area (Å²) in [6.45, 7) is 5.60. The van der Waals surface area contributed by atoms with E-state index >= 15 is 0 Å². The first kappa shape index (κ1) is 23.4. The normalized spacial score (nSPS) is 11.1. The lowest BCUT2D eigenvalue weighted by molar-refractivity contribution is 0.0986. The van der Waals surface area contributed by atoms with Gasteiger partial charge in [0.25, 0.3) is 5.91 Å². The van der Waals surface area contributed by atoms with Crippen LogP contribution in [0, 0.1) is 13.8 Å². The number of aryl methyl sites for hydroxylation is 2. The number of benzene rings is 1. The van der Waals surface area contributed by atoms with Crippen molar-refractivity contribution in [1.29, 1.82) is 0 Å². The van der Waals surface area contributed by atoms with Crippen molar-refractivity contribution in [2.24, 2.45) is 0 Å². The van der Waals surface area contributed by atoms with Crippen molar-refractivity contribution in [3.63, 3.8) is 0 Å². The molecule has 1 amide bonds. The van der Waals surface area contributed by atoms with Gasteiger partial charge < -0.3 is 4.90 Å². The monoisotopic (exact) mass is 477 g/mol. The molecule has 28 heavy (non-hydrogen) atoms. The molecule has 0 aliphatic carbocycles. The molecule has 9 heteroatoms. The third-order valence-corrected chi connectivity index (χ3v) is 6.87. The number of hydrogen-bond acceptors (Lipinski definition) is 5. The van der Waals surface area contributed by atoms with Crippen LogP contribution < -0.4 is 4.90 Å². The molecular formula is C19H22Cl3N3OS2. The summed E-state index contributed by atoms with van der Waals surface area (Å²) in [5, 5.41) is 0.692. The molecule has 0 fully saturated rings. The van der Waals surface area contributed by atoms with Crippen molar-refractivity contribution in [2.75, 3.05) is 32.1 Å². The SMILES string of the molecule is Cc1cc2nc(N(CCCN(C)C)C(=O)c3cc(Cl)sc3Cl)sc2cc1C.Cl. The maximum atomic E-state index is 13.2. The lowest BCUT2D eigenvalue weighted by Crippen LogP contribution is -2.33. The van der Waals surface area contributed by atoms with E-state index in [1.807, 2.05) is 14.1 Å². The van der Waals surface area contributed by atoms with Crippen molar-refractivity contribution in [2.45, 2.75) is 20.3 Å². The first-order valence-electron chi connectivity index (χ1n) is 8.55. The van der Waals surface area contributed by atoms with Crippen LogP contribution in [0.2, 0.25) is 8.67 Å². The molecule has 0 aliphatic heterocycles. The van der Waals surface area contributed by atoms with Crippen molar-refractivity contribution in [3.05, 3.63) is 43.6 Å². The third-order valence-electron chi connectivity index (χ3n) is 4.34. The molecule has 0 N–H and O–H groups in total. The molecule has 152 valence electrons. The number of thiophene rings is 1. The number of anilines is 1. The van der Waals surface area contributed by atoms with E-state index in [1.165, 1.54) is 33.8 Å². The summed E-state index contributed by atoms with van der Waals surface area (Å²) in [7, 11) is 4.04. The molecule has 2 heterocycles. The fourth-order valence-electron chi connectivity index (χ4n) is 2.74. The van der Waals surface area contributed by atoms with E-state index in [-0.39, 0.29) is 18.3 Å². The maximum Gasteiger partial charge on any atom is 0.262 e. The van der Waals surface area contributed by atoms with E-state index in [9.17, 15) is 4.79 Å². The van der Waals surface area contributed by atoms with Gasteiger partial charge in [0.15, 0.2) is 5.13 Å². The zero-order chi connectivity index (χ0) is 19.7. The fourth-order valence-corrected chi connectivity index (χ4v) is 5.26. The Bertz CT molecular complexity index is 945. The van der Waals surface area contributed by atoms with Crippen LogP contribution in [0.1, 0.15) is 27.9 Å². The van der Waals surface area contributed by atoms with Crippen LogP contribution in [-0.4, -0.2) is 43.0 Å². The highest BCUT2D eigenvalue weighted by Gasteiger charge is 2.24. The number of rotatable bonds is 6. The standard InChI is InChI=1S/C19H21Cl2N3OS2.ClH/c1-11-8-14-15(9-12(11)2)26-19(22-14)24(7-5-6-23(3)4)18(25)13-10-16(20)27-17(13)21;/h8-10H,5-7H2,1-4H3;1H. The molecule has 0 atom stereocenters. The summed E-state index contributed by atoms with van der Waals surface area (Å²) in [4.78, 5) is 21.8. The molecule has 0 radical (unpaired) electrons. The minimum Gasteiger partial charge on any atom is -0.309 e. The summed E-state index contributed by atoms with van der Waals surface area (Å²) >= 11 is 15.0. The van der Waals surface area contributed by atoms with Crippen LogP contribution in [0.4, 0.5) is 5.13 Å². The second kappa shape index (κ2) is 9.74. The predicted octanol–water partition coefficient (Wildman–Crippen LogP) is 6.30. The number of carbonyl (C=O) groups excluding carboxylic acids is 1. The Hall–Kier alpha value is -0.890. The first-order chi connectivity index (χ1) is 12.8. The minimum absolute atomic E-state index is 0. The van der Waals surface area contributed by atoms with Gasteiger partial charge in [0, 0.05) is 6.54 Å². The van der Waals surface area contributed by atoms with E-state index in [0.717, 1.165) is 23.2 Å². The van der Waals surface area contributed by atoms with Crippen LogP contribution in [0.5, 0.6) is 0 Å². The van der Waals surface area contributed by atoms with Crippen molar-refractivity contribution < 1.29 is 4.79 Å². The van der Waals surface area contributed by atoms with Gasteiger partial charge in [0.05, 0.1) is 20.1 Å². The summed E-state index contributed by atoms with van der Waals surface area (Å²) in [5.74, 6) is -0.158. The third kappa shape index (κ3) is 5.17. The molecule has 3 rings (SSSR count). The molecule has 0 saturated heterocycles. The van der Waals surface area contributed by atoms with Gasteiger partial charge in [-0.1, -0.05) is 34.5 Å². The van der Waals surface area contributed by atoms with Crippen LogP contribution in [-0.2, 0) is 0 Å². The maximum absolute atomic E-state index is 13.2. The minimum atomic E-state index is -0.158. The predicted molar refractivity (Wildman–Crippen MR) is 126 cm³/mol. The van der Waals surface area contributed by atoms with Gasteiger partial charge in [-0.3, -0.25) is 9.69 Å². The van der Waals surface area contributed by atoms with Gasteiger partial charge in [-0.25, -0.2) is 4.98 Å². The first-order valence-corrected chi connectivity index (χ1v) is 10.9. The van der Waals surface area contributed by atoms with E-state index in [1.54, 1.807) is 11.0 Å². The van der Waals surface area contributed by atoms with E-state index < -0.39 is 0 Å². The Kier molecular flexibility index (Phi) is 8.14. The number of nitrogens with zero attached hydrogens (tertiary/aromatic N) is 3. The number of carbonyl (C=O) groups is 1. The highest BCUT2D eigenvalue weighted by Crippen LogP contribution is 2.35. The van der Waals surface area contributed by atoms with Crippen molar-refractivity contribution >= 4 is 79.5 Å². The zero-order valence-electron chi connectivity index (χ0n) is 16.1. The van der Waals surface area contributed by atoms with Crippen LogP contribution in [0.3, 0.4) is 0 Å². The zero-order valence-corrected chi connectivity index (χ0v) is 20.0. The molecule has 1 aromatic carbocycles. The van der Waals surface area contributed by atoms with Crippen LogP contribution >= 0.6 is 58.3 Å². The fraction of sp³-hybridized carbons (Fsp3) is 0.368. The average Bonchev–Trinajstić information content (AvgIpc) is 3.13. The van der Waals surface area contributed by atoms with Gasteiger partial charge in [0.2, 0.25) is 0 Å².